The monoisotopic (exact) mass is 311 g/mol. The van der Waals surface area contributed by atoms with Gasteiger partial charge in [0.1, 0.15) is 0 Å². The van der Waals surface area contributed by atoms with Gasteiger partial charge in [-0.05, 0) is 45.1 Å². The Labute approximate surface area is 127 Å². The van der Waals surface area contributed by atoms with Crippen molar-refractivity contribution in [3.8, 4) is 0 Å². The molecule has 0 aliphatic heterocycles. The van der Waals surface area contributed by atoms with Gasteiger partial charge in [0.05, 0.1) is 4.90 Å². The van der Waals surface area contributed by atoms with Crippen molar-refractivity contribution in [2.75, 3.05) is 0 Å². The van der Waals surface area contributed by atoms with Crippen molar-refractivity contribution in [1.82, 2.24) is 14.6 Å². The quantitative estimate of drug-likeness (QED) is 0.771. The largest absolute Gasteiger partial charge is 0.349 e. The van der Waals surface area contributed by atoms with E-state index in [1.54, 1.807) is 6.20 Å². The molecule has 2 N–H and O–H groups in total. The minimum Gasteiger partial charge on any atom is -0.349 e. The Morgan fingerprint density at radius 3 is 2.67 bits per heavy atom. The third-order valence-electron chi connectivity index (χ3n) is 4.27. The first-order valence-electron chi connectivity index (χ1n) is 7.88. The van der Waals surface area contributed by atoms with Crippen LogP contribution in [0.5, 0.6) is 0 Å². The number of nitrogens with one attached hydrogen (secondary N) is 2. The second-order valence-corrected chi connectivity index (χ2v) is 8.36. The summed E-state index contributed by atoms with van der Waals surface area (Å²) >= 11 is 0. The summed E-state index contributed by atoms with van der Waals surface area (Å²) in [5.41, 5.74) is 0.836. The van der Waals surface area contributed by atoms with E-state index in [-0.39, 0.29) is 5.54 Å². The maximum absolute atomic E-state index is 12.5. The molecular formula is C15H25N3O2S. The topological polar surface area (TPSA) is 63.1 Å². The molecule has 1 aromatic heterocycles. The molecule has 0 bridgehead atoms. The van der Waals surface area contributed by atoms with E-state index in [2.05, 4.69) is 21.5 Å². The summed E-state index contributed by atoms with van der Waals surface area (Å²) in [5.74, 6) is 0. The van der Waals surface area contributed by atoms with Crippen molar-refractivity contribution < 1.29 is 8.42 Å². The van der Waals surface area contributed by atoms with E-state index in [0.29, 0.717) is 10.9 Å². The average Bonchev–Trinajstić information content (AvgIpc) is 3.31. The zero-order chi connectivity index (χ0) is 15.1. The highest BCUT2D eigenvalue weighted by molar-refractivity contribution is 7.89. The Morgan fingerprint density at radius 1 is 1.38 bits per heavy atom. The van der Waals surface area contributed by atoms with Crippen LogP contribution in [-0.4, -0.2) is 24.6 Å². The third kappa shape index (κ3) is 3.67. The van der Waals surface area contributed by atoms with Gasteiger partial charge in [0.2, 0.25) is 10.0 Å². The normalized spacial score (nSPS) is 20.7. The van der Waals surface area contributed by atoms with E-state index in [4.69, 9.17) is 0 Å². The van der Waals surface area contributed by atoms with Crippen LogP contribution in [0.4, 0.5) is 0 Å². The first kappa shape index (κ1) is 15.1. The molecule has 0 amide bonds. The van der Waals surface area contributed by atoms with Crippen molar-refractivity contribution in [3.63, 3.8) is 0 Å². The van der Waals surface area contributed by atoms with Crippen LogP contribution < -0.4 is 10.0 Å². The molecule has 2 fully saturated rings. The Morgan fingerprint density at radius 2 is 2.10 bits per heavy atom. The van der Waals surface area contributed by atoms with E-state index in [9.17, 15) is 8.42 Å². The fourth-order valence-corrected chi connectivity index (χ4v) is 4.01. The zero-order valence-corrected chi connectivity index (χ0v) is 13.7. The average molecular weight is 311 g/mol. The molecule has 0 aromatic carbocycles. The number of aromatic nitrogens is 1. The van der Waals surface area contributed by atoms with E-state index < -0.39 is 10.0 Å². The fourth-order valence-electron chi connectivity index (χ4n) is 2.48. The van der Waals surface area contributed by atoms with Gasteiger partial charge >= 0.3 is 0 Å². The molecular weight excluding hydrogens is 286 g/mol. The van der Waals surface area contributed by atoms with Crippen molar-refractivity contribution in [1.29, 1.82) is 0 Å². The number of hydrogen-bond donors (Lipinski definition) is 2. The summed E-state index contributed by atoms with van der Waals surface area (Å²) < 4.78 is 29.8. The van der Waals surface area contributed by atoms with Gasteiger partial charge in [0.25, 0.3) is 0 Å². The Balaban J connectivity index is 1.78. The lowest BCUT2D eigenvalue weighted by atomic mass is 10.4. The number of nitrogens with zero attached hydrogens (tertiary/aromatic N) is 1. The van der Waals surface area contributed by atoms with Crippen LogP contribution in [0, 0.1) is 0 Å². The smallest absolute Gasteiger partial charge is 0.242 e. The van der Waals surface area contributed by atoms with Gasteiger partial charge in [0.15, 0.2) is 0 Å². The highest BCUT2D eigenvalue weighted by Crippen LogP contribution is 2.36. The molecule has 21 heavy (non-hydrogen) atoms. The molecule has 2 aliphatic carbocycles. The van der Waals surface area contributed by atoms with E-state index in [1.807, 2.05) is 13.0 Å². The Bertz CT molecular complexity index is 613. The highest BCUT2D eigenvalue weighted by Gasteiger charge is 2.41. The summed E-state index contributed by atoms with van der Waals surface area (Å²) in [6, 6.07) is 2.44. The SMILES string of the molecule is CCCn1cc(S(=O)(=O)NC2(C)CC2)cc1CNC1CC1. The van der Waals surface area contributed by atoms with Gasteiger partial charge in [-0.25, -0.2) is 13.1 Å². The second kappa shape index (κ2) is 5.41. The maximum atomic E-state index is 12.5. The lowest BCUT2D eigenvalue weighted by molar-refractivity contribution is 0.557. The number of aryl methyl sites for hydroxylation is 1. The zero-order valence-electron chi connectivity index (χ0n) is 12.9. The first-order valence-corrected chi connectivity index (χ1v) is 9.37. The lowest BCUT2D eigenvalue weighted by Gasteiger charge is -2.10. The van der Waals surface area contributed by atoms with Gasteiger partial charge in [-0.15, -0.1) is 0 Å². The second-order valence-electron chi connectivity index (χ2n) is 6.68. The van der Waals surface area contributed by atoms with Crippen molar-refractivity contribution in [3.05, 3.63) is 18.0 Å². The molecule has 1 aromatic rings. The van der Waals surface area contributed by atoms with Crippen molar-refractivity contribution in [2.45, 2.75) is 75.5 Å². The molecule has 2 aliphatic rings. The first-order chi connectivity index (χ1) is 9.92. The molecule has 0 radical (unpaired) electrons. The van der Waals surface area contributed by atoms with Crippen LogP contribution in [-0.2, 0) is 23.1 Å². The van der Waals surface area contributed by atoms with Crippen LogP contribution in [0.15, 0.2) is 17.2 Å². The Kier molecular flexibility index (Phi) is 3.88. The molecule has 0 unspecified atom stereocenters. The molecule has 3 rings (SSSR count). The van der Waals surface area contributed by atoms with Gasteiger partial charge in [0, 0.05) is 36.6 Å². The number of hydrogen-bond acceptors (Lipinski definition) is 3. The molecule has 1 heterocycles. The predicted octanol–water partition coefficient (Wildman–Crippen LogP) is 1.98. The Hall–Kier alpha value is -0.850. The van der Waals surface area contributed by atoms with Gasteiger partial charge in [-0.2, -0.15) is 0 Å². The van der Waals surface area contributed by atoms with E-state index in [1.165, 1.54) is 12.8 Å². The van der Waals surface area contributed by atoms with Crippen molar-refractivity contribution >= 4 is 10.0 Å². The van der Waals surface area contributed by atoms with Crippen molar-refractivity contribution in [2.24, 2.45) is 0 Å². The van der Waals surface area contributed by atoms with Crippen LogP contribution in [0.25, 0.3) is 0 Å². The molecule has 0 saturated heterocycles. The van der Waals surface area contributed by atoms with Gasteiger partial charge in [-0.1, -0.05) is 6.92 Å². The minimum atomic E-state index is -3.40. The molecule has 2 saturated carbocycles. The van der Waals surface area contributed by atoms with E-state index in [0.717, 1.165) is 38.0 Å². The summed E-state index contributed by atoms with van der Waals surface area (Å²) in [6.45, 7) is 5.67. The minimum absolute atomic E-state index is 0.224. The van der Waals surface area contributed by atoms with Gasteiger partial charge in [-0.3, -0.25) is 0 Å². The highest BCUT2D eigenvalue weighted by atomic mass is 32.2. The summed E-state index contributed by atoms with van der Waals surface area (Å²) in [6.07, 6.45) is 7.10. The van der Waals surface area contributed by atoms with Crippen LogP contribution in [0.2, 0.25) is 0 Å². The predicted molar refractivity (Wildman–Crippen MR) is 82.5 cm³/mol. The number of sulfonamides is 1. The van der Waals surface area contributed by atoms with Crippen LogP contribution in [0.3, 0.4) is 0 Å². The van der Waals surface area contributed by atoms with Crippen LogP contribution >= 0.6 is 0 Å². The number of rotatable bonds is 8. The molecule has 0 atom stereocenters. The van der Waals surface area contributed by atoms with Crippen LogP contribution in [0.1, 0.15) is 51.6 Å². The molecule has 118 valence electrons. The third-order valence-corrected chi connectivity index (χ3v) is 5.87. The van der Waals surface area contributed by atoms with E-state index >= 15 is 0 Å². The summed E-state index contributed by atoms with van der Waals surface area (Å²) in [5, 5.41) is 3.46. The lowest BCUT2D eigenvalue weighted by Crippen LogP contribution is -2.34. The molecule has 6 heteroatoms. The molecule has 0 spiro atoms. The fraction of sp³-hybridized carbons (Fsp3) is 0.733. The van der Waals surface area contributed by atoms with Gasteiger partial charge < -0.3 is 9.88 Å². The molecule has 5 nitrogen and oxygen atoms in total. The summed E-state index contributed by atoms with van der Waals surface area (Å²) in [4.78, 5) is 0.400. The maximum Gasteiger partial charge on any atom is 0.242 e. The standard InChI is InChI=1S/C15H25N3O2S/c1-3-8-18-11-14(9-13(18)10-16-12-4-5-12)21(19,20)17-15(2)6-7-15/h9,11-12,16-17H,3-8,10H2,1-2H3. The summed E-state index contributed by atoms with van der Waals surface area (Å²) in [7, 11) is -3.40.